The van der Waals surface area contributed by atoms with Gasteiger partial charge in [0, 0.05) is 23.4 Å². The van der Waals surface area contributed by atoms with E-state index >= 15 is 0 Å². The Morgan fingerprint density at radius 3 is 2.26 bits per heavy atom. The highest BCUT2D eigenvalue weighted by Gasteiger charge is 2.42. The van der Waals surface area contributed by atoms with E-state index in [1.165, 1.54) is 24.7 Å². The largest absolute Gasteiger partial charge is 0.387 e. The minimum atomic E-state index is -0.529. The van der Waals surface area contributed by atoms with Gasteiger partial charge in [-0.25, -0.2) is 9.97 Å². The zero-order valence-electron chi connectivity index (χ0n) is 10.9. The Morgan fingerprint density at radius 2 is 1.63 bits per heavy atom. The molecule has 1 aliphatic rings. The molecule has 2 aromatic rings. The summed E-state index contributed by atoms with van der Waals surface area (Å²) in [6.45, 7) is 0. The molecule has 0 spiro atoms. The summed E-state index contributed by atoms with van der Waals surface area (Å²) in [6.07, 6.45) is 8.79. The van der Waals surface area contributed by atoms with Gasteiger partial charge < -0.3 is 5.11 Å². The number of hydrogen-bond acceptors (Lipinski definition) is 3. The van der Waals surface area contributed by atoms with Crippen molar-refractivity contribution in [2.75, 3.05) is 0 Å². The second-order valence-corrected chi connectivity index (χ2v) is 5.30. The van der Waals surface area contributed by atoms with Gasteiger partial charge in [0.15, 0.2) is 0 Å². The third-order valence-electron chi connectivity index (χ3n) is 4.26. The van der Waals surface area contributed by atoms with Crippen molar-refractivity contribution in [3.05, 3.63) is 60.2 Å². The molecule has 1 saturated carbocycles. The van der Waals surface area contributed by atoms with Crippen LogP contribution in [-0.4, -0.2) is 15.1 Å². The molecule has 0 bridgehead atoms. The summed E-state index contributed by atoms with van der Waals surface area (Å²) in [6, 6.07) is 10.4. The smallest absolute Gasteiger partial charge is 0.115 e. The summed E-state index contributed by atoms with van der Waals surface area (Å²) in [5.74, 6) is 0. The summed E-state index contributed by atoms with van der Waals surface area (Å²) in [5, 5.41) is 10.8. The second kappa shape index (κ2) is 5.10. The first-order valence-electron chi connectivity index (χ1n) is 6.81. The molecule has 1 N–H and O–H groups in total. The Morgan fingerprint density at radius 1 is 1.00 bits per heavy atom. The van der Waals surface area contributed by atoms with Crippen molar-refractivity contribution >= 4 is 0 Å². The van der Waals surface area contributed by atoms with Gasteiger partial charge in [0.2, 0.25) is 0 Å². The predicted molar refractivity (Wildman–Crippen MR) is 73.6 cm³/mol. The van der Waals surface area contributed by atoms with Gasteiger partial charge in [0.1, 0.15) is 6.33 Å². The molecule has 1 atom stereocenters. The fraction of sp³-hybridized carbons (Fsp3) is 0.375. The van der Waals surface area contributed by atoms with Crippen molar-refractivity contribution in [1.82, 2.24) is 9.97 Å². The number of aromatic nitrogens is 2. The first kappa shape index (κ1) is 12.3. The highest BCUT2D eigenvalue weighted by molar-refractivity contribution is 5.31. The molecule has 1 aromatic carbocycles. The first-order valence-corrected chi connectivity index (χ1v) is 6.81. The minimum absolute atomic E-state index is 0.175. The van der Waals surface area contributed by atoms with Crippen LogP contribution in [0.15, 0.2) is 49.1 Å². The van der Waals surface area contributed by atoms with E-state index < -0.39 is 6.10 Å². The zero-order chi connectivity index (χ0) is 13.1. The lowest BCUT2D eigenvalue weighted by Gasteiger charge is -2.35. The average molecular weight is 254 g/mol. The Kier molecular flexibility index (Phi) is 3.30. The summed E-state index contributed by atoms with van der Waals surface area (Å²) in [7, 11) is 0. The van der Waals surface area contributed by atoms with Crippen LogP contribution in [-0.2, 0) is 5.41 Å². The van der Waals surface area contributed by atoms with Crippen LogP contribution < -0.4 is 0 Å². The summed E-state index contributed by atoms with van der Waals surface area (Å²) < 4.78 is 0. The van der Waals surface area contributed by atoms with Crippen molar-refractivity contribution in [2.45, 2.75) is 37.2 Å². The Bertz CT molecular complexity index is 521. The SMILES string of the molecule is OC(c1cncnc1)C1(c2ccccc2)CCCC1. The molecule has 3 heteroatoms. The minimum Gasteiger partial charge on any atom is -0.387 e. The number of aliphatic hydroxyl groups excluding tert-OH is 1. The van der Waals surface area contributed by atoms with E-state index in [-0.39, 0.29) is 5.41 Å². The third-order valence-corrected chi connectivity index (χ3v) is 4.26. The Hall–Kier alpha value is -1.74. The summed E-state index contributed by atoms with van der Waals surface area (Å²) in [4.78, 5) is 8.06. The maximum atomic E-state index is 10.8. The van der Waals surface area contributed by atoms with Crippen LogP contribution in [0.1, 0.15) is 42.9 Å². The van der Waals surface area contributed by atoms with E-state index in [9.17, 15) is 5.11 Å². The molecular formula is C16H18N2O. The van der Waals surface area contributed by atoms with E-state index in [1.807, 2.05) is 18.2 Å². The number of aliphatic hydroxyl groups is 1. The lowest BCUT2D eigenvalue weighted by Crippen LogP contribution is -2.30. The van der Waals surface area contributed by atoms with Crippen LogP contribution in [0, 0.1) is 0 Å². The van der Waals surface area contributed by atoms with Gasteiger partial charge in [-0.2, -0.15) is 0 Å². The molecule has 1 unspecified atom stereocenters. The van der Waals surface area contributed by atoms with E-state index in [0.717, 1.165) is 18.4 Å². The Labute approximate surface area is 113 Å². The van der Waals surface area contributed by atoms with Crippen LogP contribution in [0.5, 0.6) is 0 Å². The fourth-order valence-corrected chi connectivity index (χ4v) is 3.27. The average Bonchev–Trinajstić information content (AvgIpc) is 2.99. The lowest BCUT2D eigenvalue weighted by atomic mass is 9.72. The van der Waals surface area contributed by atoms with Crippen molar-refractivity contribution in [1.29, 1.82) is 0 Å². The third kappa shape index (κ3) is 2.15. The van der Waals surface area contributed by atoms with Gasteiger partial charge in [-0.3, -0.25) is 0 Å². The van der Waals surface area contributed by atoms with Gasteiger partial charge in [-0.1, -0.05) is 43.2 Å². The normalized spacial score (nSPS) is 19.2. The van der Waals surface area contributed by atoms with Gasteiger partial charge in [0.25, 0.3) is 0 Å². The first-order chi connectivity index (χ1) is 9.33. The predicted octanol–water partition coefficient (Wildman–Crippen LogP) is 3.02. The van der Waals surface area contributed by atoms with Crippen molar-refractivity contribution < 1.29 is 5.11 Å². The topological polar surface area (TPSA) is 46.0 Å². The van der Waals surface area contributed by atoms with Crippen LogP contribution >= 0.6 is 0 Å². The fourth-order valence-electron chi connectivity index (χ4n) is 3.27. The van der Waals surface area contributed by atoms with E-state index in [0.29, 0.717) is 0 Å². The molecule has 1 aliphatic carbocycles. The second-order valence-electron chi connectivity index (χ2n) is 5.30. The van der Waals surface area contributed by atoms with E-state index in [1.54, 1.807) is 12.4 Å². The lowest BCUT2D eigenvalue weighted by molar-refractivity contribution is 0.0816. The molecule has 1 aromatic heterocycles. The van der Waals surface area contributed by atoms with Gasteiger partial charge in [0.05, 0.1) is 6.10 Å². The maximum absolute atomic E-state index is 10.8. The Balaban J connectivity index is 2.02. The standard InChI is InChI=1S/C16H18N2O/c19-15(13-10-17-12-18-11-13)16(8-4-5-9-16)14-6-2-1-3-7-14/h1-3,6-7,10-12,15,19H,4-5,8-9H2. The molecule has 1 heterocycles. The van der Waals surface area contributed by atoms with E-state index in [2.05, 4.69) is 22.1 Å². The highest BCUT2D eigenvalue weighted by atomic mass is 16.3. The van der Waals surface area contributed by atoms with E-state index in [4.69, 9.17) is 0 Å². The zero-order valence-corrected chi connectivity index (χ0v) is 10.9. The van der Waals surface area contributed by atoms with Crippen LogP contribution in [0.25, 0.3) is 0 Å². The molecule has 0 radical (unpaired) electrons. The molecule has 0 saturated heterocycles. The van der Waals surface area contributed by atoms with Gasteiger partial charge in [-0.15, -0.1) is 0 Å². The molecule has 1 fully saturated rings. The van der Waals surface area contributed by atoms with Crippen LogP contribution in [0.3, 0.4) is 0 Å². The van der Waals surface area contributed by atoms with Crippen molar-refractivity contribution in [3.63, 3.8) is 0 Å². The summed E-state index contributed by atoms with van der Waals surface area (Å²) >= 11 is 0. The molecule has 98 valence electrons. The maximum Gasteiger partial charge on any atom is 0.115 e. The molecule has 19 heavy (non-hydrogen) atoms. The molecule has 0 amide bonds. The highest BCUT2D eigenvalue weighted by Crippen LogP contribution is 2.49. The number of hydrogen-bond donors (Lipinski definition) is 1. The summed E-state index contributed by atoms with van der Waals surface area (Å²) in [5.41, 5.74) is 1.86. The molecular weight excluding hydrogens is 236 g/mol. The molecule has 3 nitrogen and oxygen atoms in total. The van der Waals surface area contributed by atoms with Gasteiger partial charge >= 0.3 is 0 Å². The molecule has 0 aliphatic heterocycles. The quantitative estimate of drug-likeness (QED) is 0.915. The number of benzene rings is 1. The van der Waals surface area contributed by atoms with Crippen molar-refractivity contribution in [2.24, 2.45) is 0 Å². The molecule has 3 rings (SSSR count). The van der Waals surface area contributed by atoms with Crippen LogP contribution in [0.4, 0.5) is 0 Å². The van der Waals surface area contributed by atoms with Crippen molar-refractivity contribution in [3.8, 4) is 0 Å². The van der Waals surface area contributed by atoms with Gasteiger partial charge in [-0.05, 0) is 18.4 Å². The van der Waals surface area contributed by atoms with Crippen LogP contribution in [0.2, 0.25) is 0 Å². The number of nitrogens with zero attached hydrogens (tertiary/aromatic N) is 2. The number of rotatable bonds is 3. The monoisotopic (exact) mass is 254 g/mol.